The second-order valence-corrected chi connectivity index (χ2v) is 17.5. The quantitative estimate of drug-likeness (QED) is 0.0240. The number of unbranched alkanes of at least 4 members (excludes halogenated alkanes) is 30. The lowest BCUT2D eigenvalue weighted by molar-refractivity contribution is -0.147. The Morgan fingerprint density at radius 3 is 1.39 bits per heavy atom. The highest BCUT2D eigenvalue weighted by Crippen LogP contribution is 2.42. The van der Waals surface area contributed by atoms with Crippen LogP contribution in [0.2, 0.25) is 0 Å². The fourth-order valence-electron chi connectivity index (χ4n) is 6.83. The Labute approximate surface area is 345 Å². The number of carbonyl (C=O) groups excluding carboxylic acids is 2. The maximum atomic E-state index is 12.1. The summed E-state index contributed by atoms with van der Waals surface area (Å²) in [6.07, 6.45) is 45.9. The molecule has 0 aromatic rings. The molecular weight excluding hydrogens is 725 g/mol. The molecule has 0 bridgehead atoms. The van der Waals surface area contributed by atoms with Crippen molar-refractivity contribution in [3.8, 4) is 0 Å². The molecule has 10 heteroatoms. The van der Waals surface area contributed by atoms with Gasteiger partial charge in [-0.1, -0.05) is 206 Å². The van der Waals surface area contributed by atoms with Gasteiger partial charge in [0.25, 0.3) is 0 Å². The molecule has 0 spiro atoms. The molecule has 0 heterocycles. The van der Waals surface area contributed by atoms with Crippen LogP contribution in [0, 0.1) is 0 Å². The minimum Gasteiger partial charge on any atom is -0.463 e. The summed E-state index contributed by atoms with van der Waals surface area (Å²) in [6.45, 7) is 3.54. The zero-order valence-electron chi connectivity index (χ0n) is 36.6. The van der Waals surface area contributed by atoms with Gasteiger partial charge in [0.05, 0.1) is 13.2 Å². The van der Waals surface area contributed by atoms with E-state index in [0.29, 0.717) is 6.42 Å². The summed E-state index contributed by atoms with van der Waals surface area (Å²) in [5, 5.41) is 12.7. The molecule has 3 N–H and O–H groups in total. The van der Waals surface area contributed by atoms with E-state index < -0.39 is 26.5 Å². The molecule has 0 saturated heterocycles. The van der Waals surface area contributed by atoms with E-state index in [1.165, 1.54) is 161 Å². The van der Waals surface area contributed by atoms with Crippen LogP contribution in [0.1, 0.15) is 239 Å². The summed E-state index contributed by atoms with van der Waals surface area (Å²) in [7, 11) is -4.41. The highest BCUT2D eigenvalue weighted by Gasteiger charge is 2.23. The fraction of sp³-hybridized carbons (Fsp3) is 0.913. The highest BCUT2D eigenvalue weighted by atomic mass is 31.2. The number of ether oxygens (including phenoxy) is 1. The standard InChI is InChI=1S/C46H90NO8P/c1-3-5-7-9-11-13-15-16-17-18-19-20-21-22-23-24-25-26-27-29-31-33-35-37-39-46(50)53-42-44(48)43-55-56(51,52)54-41-40-47-45(49)38-36-34-32-30-28-14-12-10-8-6-4-2/h10,12,44,48H,3-9,11,13-43H2,1-2H3,(H,47,49)(H,51,52)/b12-10-. The van der Waals surface area contributed by atoms with Crippen LogP contribution in [0.15, 0.2) is 12.2 Å². The normalized spacial score (nSPS) is 13.3. The number of esters is 1. The lowest BCUT2D eigenvalue weighted by Crippen LogP contribution is -2.27. The van der Waals surface area contributed by atoms with Gasteiger partial charge in [0.1, 0.15) is 12.7 Å². The van der Waals surface area contributed by atoms with E-state index in [1.54, 1.807) is 0 Å². The lowest BCUT2D eigenvalue weighted by atomic mass is 10.0. The summed E-state index contributed by atoms with van der Waals surface area (Å²) >= 11 is 0. The maximum absolute atomic E-state index is 12.1. The van der Waals surface area contributed by atoms with Crippen molar-refractivity contribution in [2.24, 2.45) is 0 Å². The first kappa shape index (κ1) is 54.8. The van der Waals surface area contributed by atoms with Gasteiger partial charge in [0.2, 0.25) is 5.91 Å². The summed E-state index contributed by atoms with van der Waals surface area (Å²) < 4.78 is 26.9. The van der Waals surface area contributed by atoms with E-state index >= 15 is 0 Å². The average Bonchev–Trinajstić information content (AvgIpc) is 3.18. The summed E-state index contributed by atoms with van der Waals surface area (Å²) in [4.78, 5) is 33.9. The summed E-state index contributed by atoms with van der Waals surface area (Å²) in [5.41, 5.74) is 0. The number of nitrogens with one attached hydrogen (secondary N) is 1. The smallest absolute Gasteiger partial charge is 0.463 e. The minimum atomic E-state index is -4.41. The summed E-state index contributed by atoms with van der Waals surface area (Å²) in [6, 6.07) is 0. The highest BCUT2D eigenvalue weighted by molar-refractivity contribution is 7.47. The minimum absolute atomic E-state index is 0.0802. The molecule has 0 aliphatic rings. The number of allylic oxidation sites excluding steroid dienone is 2. The number of hydrogen-bond donors (Lipinski definition) is 3. The van der Waals surface area contributed by atoms with Crippen molar-refractivity contribution >= 4 is 19.7 Å². The van der Waals surface area contributed by atoms with Gasteiger partial charge in [-0.15, -0.1) is 0 Å². The Hall–Kier alpha value is -1.25. The molecule has 332 valence electrons. The van der Waals surface area contributed by atoms with E-state index in [0.717, 1.165) is 51.4 Å². The molecular formula is C46H90NO8P. The van der Waals surface area contributed by atoms with E-state index in [-0.39, 0.29) is 32.1 Å². The van der Waals surface area contributed by atoms with E-state index in [1.807, 2.05) is 0 Å². The van der Waals surface area contributed by atoms with Crippen LogP contribution >= 0.6 is 7.82 Å². The molecule has 1 amide bonds. The molecule has 0 fully saturated rings. The van der Waals surface area contributed by atoms with Crippen LogP contribution in [0.25, 0.3) is 0 Å². The molecule has 0 aliphatic heterocycles. The van der Waals surface area contributed by atoms with Gasteiger partial charge in [-0.3, -0.25) is 18.6 Å². The number of aliphatic hydroxyl groups is 1. The predicted molar refractivity (Wildman–Crippen MR) is 234 cm³/mol. The Morgan fingerprint density at radius 1 is 0.536 bits per heavy atom. The number of amides is 1. The third-order valence-corrected chi connectivity index (χ3v) is 11.4. The van der Waals surface area contributed by atoms with Crippen molar-refractivity contribution in [1.82, 2.24) is 5.32 Å². The van der Waals surface area contributed by atoms with Crippen molar-refractivity contribution in [3.05, 3.63) is 12.2 Å². The Morgan fingerprint density at radius 2 is 0.929 bits per heavy atom. The van der Waals surface area contributed by atoms with Gasteiger partial charge < -0.3 is 20.1 Å². The number of aliphatic hydroxyl groups excluding tert-OH is 1. The van der Waals surface area contributed by atoms with Crippen LogP contribution in [-0.2, 0) is 27.9 Å². The molecule has 0 aromatic carbocycles. The van der Waals surface area contributed by atoms with Crippen LogP contribution in [0.5, 0.6) is 0 Å². The predicted octanol–water partition coefficient (Wildman–Crippen LogP) is 13.4. The van der Waals surface area contributed by atoms with Gasteiger partial charge >= 0.3 is 13.8 Å². The Kier molecular flexibility index (Phi) is 42.4. The number of phosphoric ester groups is 1. The average molecular weight is 816 g/mol. The Balaban J connectivity index is 3.50. The van der Waals surface area contributed by atoms with E-state index in [2.05, 4.69) is 31.3 Å². The molecule has 0 saturated carbocycles. The second-order valence-electron chi connectivity index (χ2n) is 16.1. The number of carbonyl (C=O) groups is 2. The van der Waals surface area contributed by atoms with E-state index in [9.17, 15) is 24.2 Å². The van der Waals surface area contributed by atoms with Crippen LogP contribution in [0.3, 0.4) is 0 Å². The van der Waals surface area contributed by atoms with Gasteiger partial charge in [-0.2, -0.15) is 0 Å². The van der Waals surface area contributed by atoms with Crippen molar-refractivity contribution < 1.29 is 37.9 Å². The molecule has 0 aliphatic carbocycles. The van der Waals surface area contributed by atoms with Crippen LogP contribution in [-0.4, -0.2) is 54.3 Å². The SMILES string of the molecule is CCCC/C=C\CCCCCCCC(=O)NCCOP(=O)(O)OCC(O)COC(=O)CCCCCCCCCCCCCCCCCCCCCCCCCC. The second kappa shape index (κ2) is 43.3. The number of hydrogen-bond acceptors (Lipinski definition) is 7. The number of phosphoric acid groups is 1. The maximum Gasteiger partial charge on any atom is 0.472 e. The van der Waals surface area contributed by atoms with Gasteiger partial charge in [0, 0.05) is 19.4 Å². The lowest BCUT2D eigenvalue weighted by Gasteiger charge is -2.15. The molecule has 2 unspecified atom stereocenters. The third-order valence-electron chi connectivity index (χ3n) is 10.4. The van der Waals surface area contributed by atoms with Gasteiger partial charge in [-0.25, -0.2) is 4.57 Å². The van der Waals surface area contributed by atoms with Crippen molar-refractivity contribution in [2.45, 2.75) is 245 Å². The first-order valence-corrected chi connectivity index (χ1v) is 25.2. The van der Waals surface area contributed by atoms with Crippen molar-refractivity contribution in [2.75, 3.05) is 26.4 Å². The topological polar surface area (TPSA) is 131 Å². The fourth-order valence-corrected chi connectivity index (χ4v) is 7.59. The molecule has 0 radical (unpaired) electrons. The largest absolute Gasteiger partial charge is 0.472 e. The summed E-state index contributed by atoms with van der Waals surface area (Å²) in [5.74, 6) is -0.517. The molecule has 56 heavy (non-hydrogen) atoms. The van der Waals surface area contributed by atoms with Crippen molar-refractivity contribution in [3.63, 3.8) is 0 Å². The monoisotopic (exact) mass is 816 g/mol. The zero-order valence-corrected chi connectivity index (χ0v) is 37.5. The van der Waals surface area contributed by atoms with E-state index in [4.69, 9.17) is 13.8 Å². The molecule has 0 aromatic heterocycles. The molecule has 9 nitrogen and oxygen atoms in total. The van der Waals surface area contributed by atoms with Gasteiger partial charge in [0.15, 0.2) is 0 Å². The zero-order chi connectivity index (χ0) is 41.1. The molecule has 0 rings (SSSR count). The first-order valence-electron chi connectivity index (χ1n) is 23.7. The van der Waals surface area contributed by atoms with Gasteiger partial charge in [-0.05, 0) is 32.1 Å². The third kappa shape index (κ3) is 43.9. The van der Waals surface area contributed by atoms with Crippen molar-refractivity contribution in [1.29, 1.82) is 0 Å². The first-order chi connectivity index (χ1) is 27.3. The van der Waals surface area contributed by atoms with Crippen LogP contribution < -0.4 is 5.32 Å². The Bertz CT molecular complexity index is 933. The van der Waals surface area contributed by atoms with Crippen LogP contribution in [0.4, 0.5) is 0 Å². The molecule has 2 atom stereocenters. The number of rotatable bonds is 45.